The minimum absolute atomic E-state index is 0.0264. The van der Waals surface area contributed by atoms with E-state index in [0.717, 1.165) is 22.1 Å². The molecule has 108 valence electrons. The molecular formula is C16H21BrN2O. The molecule has 2 aliphatic rings. The van der Waals surface area contributed by atoms with E-state index in [1.54, 1.807) is 0 Å². The van der Waals surface area contributed by atoms with Gasteiger partial charge in [-0.2, -0.15) is 0 Å². The molecule has 2 fully saturated rings. The van der Waals surface area contributed by atoms with Crippen molar-refractivity contribution in [2.24, 2.45) is 5.92 Å². The molecule has 1 aliphatic heterocycles. The van der Waals surface area contributed by atoms with Gasteiger partial charge in [-0.15, -0.1) is 0 Å². The summed E-state index contributed by atoms with van der Waals surface area (Å²) in [6, 6.07) is 6.44. The molecule has 1 amide bonds. The Hall–Kier alpha value is -0.870. The molecule has 1 aliphatic carbocycles. The number of benzene rings is 1. The number of hydrogen-bond donors (Lipinski definition) is 2. The lowest BCUT2D eigenvalue weighted by Crippen LogP contribution is -2.40. The molecule has 1 saturated carbocycles. The van der Waals surface area contributed by atoms with Crippen molar-refractivity contribution in [2.45, 2.75) is 51.1 Å². The van der Waals surface area contributed by atoms with Gasteiger partial charge in [-0.3, -0.25) is 4.79 Å². The summed E-state index contributed by atoms with van der Waals surface area (Å²) in [7, 11) is 0. The van der Waals surface area contributed by atoms with Crippen LogP contribution in [0.5, 0.6) is 0 Å². The first-order chi connectivity index (χ1) is 9.65. The minimum atomic E-state index is -0.0264. The Balaban J connectivity index is 1.66. The van der Waals surface area contributed by atoms with Crippen LogP contribution in [0.2, 0.25) is 0 Å². The third-order valence-corrected chi connectivity index (χ3v) is 5.56. The van der Waals surface area contributed by atoms with E-state index in [4.69, 9.17) is 0 Å². The van der Waals surface area contributed by atoms with Gasteiger partial charge in [-0.05, 0) is 49.8 Å². The number of carbonyl (C=O) groups excluding carboxylic acids is 1. The number of nitrogens with one attached hydrogen (secondary N) is 2. The van der Waals surface area contributed by atoms with Gasteiger partial charge in [0.1, 0.15) is 0 Å². The van der Waals surface area contributed by atoms with Crippen LogP contribution in [-0.2, 0) is 4.79 Å². The van der Waals surface area contributed by atoms with Crippen molar-refractivity contribution in [2.75, 3.05) is 5.32 Å². The Bertz CT molecular complexity index is 503. The summed E-state index contributed by atoms with van der Waals surface area (Å²) in [4.78, 5) is 12.4. The molecule has 3 atom stereocenters. The quantitative estimate of drug-likeness (QED) is 0.865. The molecule has 3 nitrogen and oxygen atoms in total. The van der Waals surface area contributed by atoms with Gasteiger partial charge in [0.05, 0.1) is 6.04 Å². The molecule has 4 heteroatoms. The lowest BCUT2D eigenvalue weighted by Gasteiger charge is -2.24. The highest BCUT2D eigenvalue weighted by Gasteiger charge is 2.38. The Morgan fingerprint density at radius 1 is 1.35 bits per heavy atom. The van der Waals surface area contributed by atoms with Gasteiger partial charge >= 0.3 is 0 Å². The first-order valence-electron chi connectivity index (χ1n) is 7.47. The smallest absolute Gasteiger partial charge is 0.241 e. The maximum atomic E-state index is 12.4. The largest absolute Gasteiger partial charge is 0.324 e. The van der Waals surface area contributed by atoms with E-state index in [9.17, 15) is 4.79 Å². The molecule has 0 spiro atoms. The van der Waals surface area contributed by atoms with Crippen LogP contribution in [-0.4, -0.2) is 18.0 Å². The molecule has 1 aromatic carbocycles. The zero-order valence-electron chi connectivity index (χ0n) is 11.8. The third-order valence-electron chi connectivity index (χ3n) is 4.70. The van der Waals surface area contributed by atoms with Crippen LogP contribution < -0.4 is 10.6 Å². The van der Waals surface area contributed by atoms with Crippen LogP contribution in [0.3, 0.4) is 0 Å². The fourth-order valence-corrected chi connectivity index (χ4v) is 3.85. The number of carbonyl (C=O) groups is 1. The highest BCUT2D eigenvalue weighted by molar-refractivity contribution is 9.10. The van der Waals surface area contributed by atoms with Crippen molar-refractivity contribution < 1.29 is 4.79 Å². The summed E-state index contributed by atoms with van der Waals surface area (Å²) in [5.74, 6) is 0.809. The molecule has 1 heterocycles. The van der Waals surface area contributed by atoms with Crippen LogP contribution in [0.25, 0.3) is 0 Å². The van der Waals surface area contributed by atoms with E-state index in [2.05, 4.69) is 26.6 Å². The molecule has 1 saturated heterocycles. The van der Waals surface area contributed by atoms with Crippen molar-refractivity contribution in [1.29, 1.82) is 0 Å². The average Bonchev–Trinajstić information content (AvgIpc) is 2.88. The number of hydrogen-bond acceptors (Lipinski definition) is 2. The van der Waals surface area contributed by atoms with E-state index < -0.39 is 0 Å². The Kier molecular flexibility index (Phi) is 4.13. The van der Waals surface area contributed by atoms with E-state index in [-0.39, 0.29) is 11.9 Å². The Morgan fingerprint density at radius 2 is 2.15 bits per heavy atom. The first-order valence-corrected chi connectivity index (χ1v) is 8.26. The number of amides is 1. The second kappa shape index (κ2) is 5.86. The topological polar surface area (TPSA) is 41.1 Å². The van der Waals surface area contributed by atoms with E-state index >= 15 is 0 Å². The predicted octanol–water partition coefficient (Wildman–Crippen LogP) is 3.62. The standard InChI is InChI=1S/C16H21BrN2O/c1-10-12(17)6-4-8-13(10)19-16(20)15-9-11-5-2-3-7-14(11)18-15/h4,6,8,11,14-15,18H,2-3,5,7,9H2,1H3,(H,19,20). The molecule has 3 rings (SSSR count). The van der Waals surface area contributed by atoms with Gasteiger partial charge in [0.25, 0.3) is 0 Å². The molecule has 0 bridgehead atoms. The van der Waals surface area contributed by atoms with Gasteiger partial charge in [0, 0.05) is 16.2 Å². The monoisotopic (exact) mass is 336 g/mol. The molecular weight excluding hydrogens is 316 g/mol. The van der Waals surface area contributed by atoms with Crippen LogP contribution >= 0.6 is 15.9 Å². The molecule has 20 heavy (non-hydrogen) atoms. The van der Waals surface area contributed by atoms with E-state index in [0.29, 0.717) is 12.0 Å². The summed E-state index contributed by atoms with van der Waals surface area (Å²) in [6.07, 6.45) is 6.11. The van der Waals surface area contributed by atoms with Crippen LogP contribution in [0.1, 0.15) is 37.7 Å². The summed E-state index contributed by atoms with van der Waals surface area (Å²) in [6.45, 7) is 2.02. The van der Waals surface area contributed by atoms with Crippen LogP contribution in [0.15, 0.2) is 22.7 Å². The second-order valence-corrected chi connectivity index (χ2v) is 6.86. The fourth-order valence-electron chi connectivity index (χ4n) is 3.48. The Labute approximate surface area is 128 Å². The predicted molar refractivity (Wildman–Crippen MR) is 84.8 cm³/mol. The molecule has 2 N–H and O–H groups in total. The van der Waals surface area contributed by atoms with Crippen molar-refractivity contribution in [3.05, 3.63) is 28.2 Å². The Morgan fingerprint density at radius 3 is 2.95 bits per heavy atom. The highest BCUT2D eigenvalue weighted by Crippen LogP contribution is 2.33. The van der Waals surface area contributed by atoms with Crippen LogP contribution in [0, 0.1) is 12.8 Å². The fraction of sp³-hybridized carbons (Fsp3) is 0.562. The summed E-state index contributed by atoms with van der Waals surface area (Å²) < 4.78 is 1.03. The first kappa shape index (κ1) is 14.1. The van der Waals surface area contributed by atoms with Crippen molar-refractivity contribution in [3.8, 4) is 0 Å². The van der Waals surface area contributed by atoms with Gasteiger partial charge in [0.2, 0.25) is 5.91 Å². The average molecular weight is 337 g/mol. The lowest BCUT2D eigenvalue weighted by molar-refractivity contribution is -0.117. The minimum Gasteiger partial charge on any atom is -0.324 e. The van der Waals surface area contributed by atoms with Crippen molar-refractivity contribution >= 4 is 27.5 Å². The highest BCUT2D eigenvalue weighted by atomic mass is 79.9. The van der Waals surface area contributed by atoms with Gasteiger partial charge < -0.3 is 10.6 Å². The number of fused-ring (bicyclic) bond motifs is 1. The number of rotatable bonds is 2. The summed E-state index contributed by atoms with van der Waals surface area (Å²) in [5.41, 5.74) is 1.98. The number of anilines is 1. The zero-order chi connectivity index (χ0) is 14.1. The molecule has 1 aromatic rings. The normalized spacial score (nSPS) is 29.0. The van der Waals surface area contributed by atoms with Crippen molar-refractivity contribution in [3.63, 3.8) is 0 Å². The van der Waals surface area contributed by atoms with Crippen molar-refractivity contribution in [1.82, 2.24) is 5.32 Å². The maximum absolute atomic E-state index is 12.4. The summed E-state index contributed by atoms with van der Waals surface area (Å²) >= 11 is 3.50. The molecule has 3 unspecified atom stereocenters. The number of halogens is 1. The third kappa shape index (κ3) is 2.77. The second-order valence-electron chi connectivity index (χ2n) is 6.01. The zero-order valence-corrected chi connectivity index (χ0v) is 13.4. The van der Waals surface area contributed by atoms with E-state index in [1.165, 1.54) is 25.7 Å². The molecule has 0 radical (unpaired) electrons. The SMILES string of the molecule is Cc1c(Br)cccc1NC(=O)C1CC2CCCCC2N1. The lowest BCUT2D eigenvalue weighted by atomic mass is 9.85. The van der Waals surface area contributed by atoms with Crippen LogP contribution in [0.4, 0.5) is 5.69 Å². The maximum Gasteiger partial charge on any atom is 0.241 e. The van der Waals surface area contributed by atoms with Gasteiger partial charge in [-0.25, -0.2) is 0 Å². The van der Waals surface area contributed by atoms with Gasteiger partial charge in [-0.1, -0.05) is 34.8 Å². The van der Waals surface area contributed by atoms with Gasteiger partial charge in [0.15, 0.2) is 0 Å². The molecule has 0 aromatic heterocycles. The summed E-state index contributed by atoms with van der Waals surface area (Å²) in [5, 5.41) is 6.59. The van der Waals surface area contributed by atoms with E-state index in [1.807, 2.05) is 25.1 Å².